The summed E-state index contributed by atoms with van der Waals surface area (Å²) in [6.45, 7) is -0.199. The van der Waals surface area contributed by atoms with Crippen molar-refractivity contribution in [3.05, 3.63) is 66.2 Å². The quantitative estimate of drug-likeness (QED) is 0.511. The number of amides is 1. The topological polar surface area (TPSA) is 69.2 Å². The van der Waals surface area contributed by atoms with Crippen LogP contribution in [0, 0.1) is 0 Å². The molecule has 0 radical (unpaired) electrons. The van der Waals surface area contributed by atoms with E-state index in [1.54, 1.807) is 20.3 Å². The highest BCUT2D eigenvalue weighted by atomic mass is 16.6. The van der Waals surface area contributed by atoms with Crippen LogP contribution in [0.25, 0.3) is 10.8 Å². The summed E-state index contributed by atoms with van der Waals surface area (Å²) in [6.07, 6.45) is 1.48. The van der Waals surface area contributed by atoms with Gasteiger partial charge in [-0.05, 0) is 35.0 Å². The number of carbonyl (C=O) groups is 1. The molecule has 27 heavy (non-hydrogen) atoms. The van der Waals surface area contributed by atoms with Gasteiger partial charge in [-0.2, -0.15) is 0 Å². The third-order valence-electron chi connectivity index (χ3n) is 3.93. The molecule has 3 aromatic carbocycles. The number of nitrogens with one attached hydrogen (secondary N) is 1. The molecule has 6 nitrogen and oxygen atoms in total. The Kier molecular flexibility index (Phi) is 5.89. The fourth-order valence-electron chi connectivity index (χ4n) is 2.67. The first-order valence-corrected chi connectivity index (χ1v) is 8.36. The molecule has 6 heteroatoms. The molecule has 3 aromatic rings. The average Bonchev–Trinajstić information content (AvgIpc) is 2.70. The summed E-state index contributed by atoms with van der Waals surface area (Å²) in [5.41, 5.74) is 1.40. The molecule has 3 rings (SSSR count). The minimum Gasteiger partial charge on any atom is -0.493 e. The standard InChI is InChI=1S/C21H20N2O4/c1-25-19-9-5-8-17(21(19)26-2)13-22-27-14-20(24)23-18-11-10-15-6-3-4-7-16(15)12-18/h3-13H,14H2,1-2H3,(H,23,24)/b22-13-. The van der Waals surface area contributed by atoms with Gasteiger partial charge in [0.25, 0.3) is 5.91 Å². The second-order valence-corrected chi connectivity index (χ2v) is 5.70. The molecule has 0 aromatic heterocycles. The van der Waals surface area contributed by atoms with Gasteiger partial charge < -0.3 is 19.6 Å². The number of benzene rings is 3. The van der Waals surface area contributed by atoms with Crippen LogP contribution < -0.4 is 14.8 Å². The number of oxime groups is 1. The molecule has 0 bridgehead atoms. The van der Waals surface area contributed by atoms with E-state index >= 15 is 0 Å². The van der Waals surface area contributed by atoms with Crippen molar-refractivity contribution in [3.8, 4) is 11.5 Å². The van der Waals surface area contributed by atoms with Gasteiger partial charge in [0.1, 0.15) is 0 Å². The molecule has 0 spiro atoms. The van der Waals surface area contributed by atoms with Crippen LogP contribution >= 0.6 is 0 Å². The highest BCUT2D eigenvalue weighted by molar-refractivity contribution is 5.95. The van der Waals surface area contributed by atoms with Crippen molar-refractivity contribution in [2.24, 2.45) is 5.16 Å². The number of methoxy groups -OCH3 is 2. The van der Waals surface area contributed by atoms with Crippen molar-refractivity contribution in [2.45, 2.75) is 0 Å². The van der Waals surface area contributed by atoms with E-state index in [1.807, 2.05) is 54.6 Å². The van der Waals surface area contributed by atoms with Crippen LogP contribution in [-0.4, -0.2) is 32.9 Å². The Labute approximate surface area is 157 Å². The zero-order valence-corrected chi connectivity index (χ0v) is 15.1. The number of hydrogen-bond acceptors (Lipinski definition) is 5. The maximum Gasteiger partial charge on any atom is 0.265 e. The molecular formula is C21H20N2O4. The van der Waals surface area contributed by atoms with E-state index in [0.29, 0.717) is 22.7 Å². The molecule has 0 unspecified atom stereocenters. The molecule has 0 aliphatic rings. The lowest BCUT2D eigenvalue weighted by Crippen LogP contribution is -2.16. The van der Waals surface area contributed by atoms with Crippen molar-refractivity contribution in [3.63, 3.8) is 0 Å². The maximum atomic E-state index is 12.0. The van der Waals surface area contributed by atoms with Gasteiger partial charge in [0.2, 0.25) is 0 Å². The Bertz CT molecular complexity index is 969. The second-order valence-electron chi connectivity index (χ2n) is 5.70. The molecular weight excluding hydrogens is 344 g/mol. The van der Waals surface area contributed by atoms with Crippen LogP contribution in [0.4, 0.5) is 5.69 Å². The van der Waals surface area contributed by atoms with Crippen molar-refractivity contribution in [1.82, 2.24) is 0 Å². The molecule has 0 heterocycles. The first-order valence-electron chi connectivity index (χ1n) is 8.36. The third kappa shape index (κ3) is 4.55. The lowest BCUT2D eigenvalue weighted by atomic mass is 10.1. The van der Waals surface area contributed by atoms with Crippen molar-refractivity contribution < 1.29 is 19.1 Å². The summed E-state index contributed by atoms with van der Waals surface area (Å²) in [6, 6.07) is 19.1. The minimum atomic E-state index is -0.292. The molecule has 0 atom stereocenters. The van der Waals surface area contributed by atoms with E-state index in [1.165, 1.54) is 6.21 Å². The van der Waals surface area contributed by atoms with Crippen molar-refractivity contribution >= 4 is 28.6 Å². The van der Waals surface area contributed by atoms with E-state index in [-0.39, 0.29) is 12.5 Å². The Hall–Kier alpha value is -3.54. The SMILES string of the molecule is COc1cccc(/C=N\OCC(=O)Nc2ccc3ccccc3c2)c1OC. The van der Waals surface area contributed by atoms with Gasteiger partial charge in [-0.1, -0.05) is 41.6 Å². The largest absolute Gasteiger partial charge is 0.493 e. The molecule has 0 saturated carbocycles. The highest BCUT2D eigenvalue weighted by Crippen LogP contribution is 2.29. The lowest BCUT2D eigenvalue weighted by Gasteiger charge is -2.09. The molecule has 0 aliphatic heterocycles. The Morgan fingerprint density at radius 3 is 2.59 bits per heavy atom. The zero-order chi connectivity index (χ0) is 19.1. The minimum absolute atomic E-state index is 0.199. The summed E-state index contributed by atoms with van der Waals surface area (Å²) >= 11 is 0. The second kappa shape index (κ2) is 8.71. The maximum absolute atomic E-state index is 12.0. The number of fused-ring (bicyclic) bond motifs is 1. The van der Waals surface area contributed by atoms with E-state index < -0.39 is 0 Å². The van der Waals surface area contributed by atoms with E-state index in [0.717, 1.165) is 10.8 Å². The normalized spacial score (nSPS) is 10.7. The first kappa shape index (κ1) is 18.3. The van der Waals surface area contributed by atoms with Crippen LogP contribution in [0.5, 0.6) is 11.5 Å². The van der Waals surface area contributed by atoms with E-state index in [9.17, 15) is 4.79 Å². The smallest absolute Gasteiger partial charge is 0.265 e. The third-order valence-corrected chi connectivity index (χ3v) is 3.93. The molecule has 1 amide bonds. The molecule has 0 fully saturated rings. The fraction of sp³-hybridized carbons (Fsp3) is 0.143. The van der Waals surface area contributed by atoms with Gasteiger partial charge in [-0.15, -0.1) is 0 Å². The summed E-state index contributed by atoms with van der Waals surface area (Å²) < 4.78 is 10.5. The predicted octanol–water partition coefficient (Wildman–Crippen LogP) is 3.85. The van der Waals surface area contributed by atoms with Crippen LogP contribution in [0.15, 0.2) is 65.8 Å². The number of nitrogens with zero attached hydrogens (tertiary/aromatic N) is 1. The van der Waals surface area contributed by atoms with E-state index in [4.69, 9.17) is 14.3 Å². The van der Waals surface area contributed by atoms with Crippen LogP contribution in [0.1, 0.15) is 5.56 Å². The summed E-state index contributed by atoms with van der Waals surface area (Å²) in [4.78, 5) is 17.1. The predicted molar refractivity (Wildman–Crippen MR) is 106 cm³/mol. The summed E-state index contributed by atoms with van der Waals surface area (Å²) in [5, 5.41) is 8.80. The number of ether oxygens (including phenoxy) is 2. The van der Waals surface area contributed by atoms with Crippen LogP contribution in [0.3, 0.4) is 0 Å². The lowest BCUT2D eigenvalue weighted by molar-refractivity contribution is -0.120. The average molecular weight is 364 g/mol. The molecule has 0 aliphatic carbocycles. The highest BCUT2D eigenvalue weighted by Gasteiger charge is 2.08. The van der Waals surface area contributed by atoms with Gasteiger partial charge in [-0.3, -0.25) is 4.79 Å². The molecule has 0 saturated heterocycles. The van der Waals surface area contributed by atoms with Gasteiger partial charge in [0.15, 0.2) is 18.1 Å². The summed E-state index contributed by atoms with van der Waals surface area (Å²) in [7, 11) is 3.11. The monoisotopic (exact) mass is 364 g/mol. The Morgan fingerprint density at radius 1 is 1.00 bits per heavy atom. The number of para-hydroxylation sites is 1. The Balaban J connectivity index is 1.57. The first-order chi connectivity index (χ1) is 13.2. The van der Waals surface area contributed by atoms with Gasteiger partial charge in [0.05, 0.1) is 20.4 Å². The number of carbonyl (C=O) groups excluding carboxylic acids is 1. The zero-order valence-electron chi connectivity index (χ0n) is 15.1. The van der Waals surface area contributed by atoms with Crippen molar-refractivity contribution in [2.75, 3.05) is 26.1 Å². The van der Waals surface area contributed by atoms with E-state index in [2.05, 4.69) is 10.5 Å². The van der Waals surface area contributed by atoms with Crippen LogP contribution in [-0.2, 0) is 9.63 Å². The van der Waals surface area contributed by atoms with Crippen molar-refractivity contribution in [1.29, 1.82) is 0 Å². The number of anilines is 1. The molecule has 1 N–H and O–H groups in total. The molecule has 138 valence electrons. The number of rotatable bonds is 7. The summed E-state index contributed by atoms with van der Waals surface area (Å²) in [5.74, 6) is 0.850. The van der Waals surface area contributed by atoms with Gasteiger partial charge in [0, 0.05) is 11.3 Å². The number of hydrogen-bond donors (Lipinski definition) is 1. The van der Waals surface area contributed by atoms with Gasteiger partial charge >= 0.3 is 0 Å². The Morgan fingerprint density at radius 2 is 1.81 bits per heavy atom. The van der Waals surface area contributed by atoms with Crippen LogP contribution in [0.2, 0.25) is 0 Å². The fourth-order valence-corrected chi connectivity index (χ4v) is 2.67. The van der Waals surface area contributed by atoms with Gasteiger partial charge in [-0.25, -0.2) is 0 Å².